The zero-order valence-electron chi connectivity index (χ0n) is 34.0. The molecule has 0 amide bonds. The van der Waals surface area contributed by atoms with E-state index in [1.54, 1.807) is 54.6 Å². The Morgan fingerprint density at radius 3 is 0.986 bits per heavy atom. The third-order valence-corrected chi connectivity index (χ3v) is 12.0. The average molecular weight is 1040 g/mol. The Hall–Kier alpha value is -7.92. The first kappa shape index (κ1) is 54.0. The van der Waals surface area contributed by atoms with Crippen molar-refractivity contribution in [2.75, 3.05) is 11.5 Å². The number of rotatable bonds is 9. The minimum absolute atomic E-state index is 0.123. The summed E-state index contributed by atoms with van der Waals surface area (Å²) < 4.78 is 307. The quantitative estimate of drug-likeness (QED) is 0.0212. The lowest BCUT2D eigenvalue weighted by Gasteiger charge is -2.44. The summed E-state index contributed by atoms with van der Waals surface area (Å²) in [6.07, 6.45) is -5.94. The minimum atomic E-state index is -7.22. The Balaban J connectivity index is 0.000000306. The van der Waals surface area contributed by atoms with Crippen molar-refractivity contribution in [3.8, 4) is 23.3 Å². The van der Waals surface area contributed by atoms with Crippen LogP contribution in [0.25, 0.3) is 0 Å². The van der Waals surface area contributed by atoms with Crippen LogP contribution in [0.15, 0.2) is 72.3 Å². The number of Topliss-reactive ketones (excluding diaryl/α,β-unsaturated/α-hetero) is 1. The smallest absolute Gasteiger partial charge is 0.212 e. The van der Waals surface area contributed by atoms with E-state index in [4.69, 9.17) is 10.5 Å². The molecule has 0 aliphatic rings. The van der Waals surface area contributed by atoms with E-state index < -0.39 is 154 Å². The van der Waals surface area contributed by atoms with Crippen LogP contribution >= 0.6 is 0 Å². The third-order valence-electron chi connectivity index (χ3n) is 10.1. The maximum Gasteiger partial charge on any atom is 0.212 e. The zero-order chi connectivity index (χ0) is 53.2. The number of benzene rings is 6. The second-order valence-corrected chi connectivity index (χ2v) is 16.6. The van der Waals surface area contributed by atoms with E-state index in [9.17, 15) is 61.7 Å². The van der Waals surface area contributed by atoms with E-state index in [0.29, 0.717) is 11.1 Å². The van der Waals surface area contributed by atoms with Crippen LogP contribution in [0.4, 0.5) is 87.8 Å². The molecule has 6 aromatic rings. The van der Waals surface area contributed by atoms with Crippen molar-refractivity contribution in [1.29, 1.82) is 10.5 Å². The predicted octanol–water partition coefficient (Wildman–Crippen LogP) is 9.20. The summed E-state index contributed by atoms with van der Waals surface area (Å²) in [5.41, 5.74) is -13.3. The summed E-state index contributed by atoms with van der Waals surface area (Å²) in [6, 6.07) is 21.0. The largest absolute Gasteiger partial charge is 0.289 e. The zero-order valence-corrected chi connectivity index (χ0v) is 34.8. The van der Waals surface area contributed by atoms with E-state index in [1.165, 1.54) is 6.08 Å². The van der Waals surface area contributed by atoms with Gasteiger partial charge in [-0.2, -0.15) is 10.5 Å². The van der Waals surface area contributed by atoms with E-state index in [2.05, 4.69) is 11.2 Å². The van der Waals surface area contributed by atoms with Gasteiger partial charge in [0.05, 0.1) is 0 Å². The lowest BCUT2D eigenvalue weighted by molar-refractivity contribution is 0.102. The van der Waals surface area contributed by atoms with Gasteiger partial charge in [-0.25, -0.2) is 87.8 Å². The number of nitrogens with zero attached hydrogens (tertiary/aromatic N) is 2. The molecule has 0 aromatic heterocycles. The van der Waals surface area contributed by atoms with Crippen LogP contribution in [0.1, 0.15) is 15.9 Å². The highest BCUT2D eigenvalue weighted by molar-refractivity contribution is 8.08. The molecule has 0 fully saturated rings. The molecule has 4 nitrogen and oxygen atoms in total. The van der Waals surface area contributed by atoms with Gasteiger partial charge in [-0.05, 0) is 24.1 Å². The van der Waals surface area contributed by atoms with E-state index >= 15 is 35.1 Å². The monoisotopic (exact) mass is 1040 g/mol. The molecule has 1 unspecified atom stereocenters. The SMILES string of the molecule is Fc1c(F)c(F)c([B-](c2c(F)c(F)c(F)c(F)c2F)(c2c(F)c(F)c(F)c(F)c2F)c2c(F)c(F)c(F)c(F)c2F)c(F)c1F.N#CC(C#N)=CC[S+](=O)(C#Cc1ccccc1)CC(=O)c1ccccc1. The van der Waals surface area contributed by atoms with E-state index in [-0.39, 0.29) is 22.9 Å². The predicted molar refractivity (Wildman–Crippen MR) is 210 cm³/mol. The number of hydrogen-bond acceptors (Lipinski definition) is 4. The van der Waals surface area contributed by atoms with Crippen molar-refractivity contribution in [3.63, 3.8) is 0 Å². The Kier molecular flexibility index (Phi) is 16.0. The Labute approximate surface area is 385 Å². The molecule has 0 N–H and O–H groups in total. The highest BCUT2D eigenvalue weighted by atomic mass is 32.2. The molecule has 6 rings (SSSR count). The molecule has 366 valence electrons. The molecule has 0 aliphatic heterocycles. The summed E-state index contributed by atoms with van der Waals surface area (Å²) in [7, 11) is -2.94. The number of carbonyl (C=O) groups is 1. The highest BCUT2D eigenvalue weighted by Gasteiger charge is 2.52. The summed E-state index contributed by atoms with van der Waals surface area (Å²) in [4.78, 5) is 12.5. The fourth-order valence-corrected chi connectivity index (χ4v) is 8.54. The molecule has 0 aliphatic carbocycles. The van der Waals surface area contributed by atoms with Gasteiger partial charge in [0, 0.05) is 11.1 Å². The van der Waals surface area contributed by atoms with Crippen molar-refractivity contribution in [2.24, 2.45) is 0 Å². The van der Waals surface area contributed by atoms with Crippen molar-refractivity contribution in [1.82, 2.24) is 0 Å². The van der Waals surface area contributed by atoms with Crippen LogP contribution < -0.4 is 21.9 Å². The standard InChI is InChI=1S/C24BF20.C21H15N2O2S/c26-5-1(6(27)14(35)21(42)13(5)34)25(2-7(28)15(36)22(43)16(37)8(2)29,3-9(30)17(38)23(44)18(39)10(3)31)4-11(32)19(40)24(45)20(41)12(4)33;22-15-19(16-23)12-14-26(25,13-11-18-7-3-1-4-8-18)17-21(24)20-9-5-2-6-10-20/h;1-10,12H,14,17H2/q-1;+1. The fourth-order valence-electron chi connectivity index (χ4n) is 6.94. The third kappa shape index (κ3) is 9.56. The normalized spacial score (nSPS) is 11.9. The van der Waals surface area contributed by atoms with Crippen LogP contribution in [-0.2, 0) is 14.1 Å². The van der Waals surface area contributed by atoms with Gasteiger partial charge in [0.15, 0.2) is 90.7 Å². The molecule has 71 heavy (non-hydrogen) atoms. The first-order chi connectivity index (χ1) is 33.3. The molecule has 1 atom stereocenters. The highest BCUT2D eigenvalue weighted by Crippen LogP contribution is 2.31. The van der Waals surface area contributed by atoms with Gasteiger partial charge in [-0.15, -0.1) is 21.9 Å². The maximum absolute atomic E-state index is 15.4. The number of ketones is 1. The Morgan fingerprint density at radius 2 is 0.704 bits per heavy atom. The molecule has 6 aromatic carbocycles. The molecule has 0 radical (unpaired) electrons. The van der Waals surface area contributed by atoms with Gasteiger partial charge in [0.1, 0.15) is 76.1 Å². The summed E-state index contributed by atoms with van der Waals surface area (Å²) in [5, 5.41) is 20.4. The summed E-state index contributed by atoms with van der Waals surface area (Å²) >= 11 is 0. The van der Waals surface area contributed by atoms with Crippen molar-refractivity contribution < 1.29 is 96.8 Å². The lowest BCUT2D eigenvalue weighted by atomic mass is 9.12. The van der Waals surface area contributed by atoms with Crippen LogP contribution in [0, 0.1) is 150 Å². The van der Waals surface area contributed by atoms with Gasteiger partial charge in [0.25, 0.3) is 0 Å². The van der Waals surface area contributed by atoms with Gasteiger partial charge in [-0.1, -0.05) is 52.7 Å². The van der Waals surface area contributed by atoms with Crippen molar-refractivity contribution >= 4 is 43.7 Å². The van der Waals surface area contributed by atoms with Crippen LogP contribution in [0.5, 0.6) is 0 Å². The molecule has 0 saturated carbocycles. The number of allylic oxidation sites excluding steroid dienone is 1. The first-order valence-electron chi connectivity index (χ1n) is 18.7. The second kappa shape index (κ2) is 21.0. The van der Waals surface area contributed by atoms with Crippen molar-refractivity contribution in [3.05, 3.63) is 200 Å². The minimum Gasteiger partial charge on any atom is -0.289 e. The van der Waals surface area contributed by atoms with Crippen LogP contribution in [0.3, 0.4) is 0 Å². The number of carbonyl (C=O) groups excluding carboxylic acids is 1. The van der Waals surface area contributed by atoms with E-state index in [1.807, 2.05) is 18.2 Å². The van der Waals surface area contributed by atoms with Gasteiger partial charge < -0.3 is 0 Å². The molecule has 0 heterocycles. The molecular formula is C45H15BF20N2O2S. The topological polar surface area (TPSA) is 81.7 Å². The molecule has 0 spiro atoms. The first-order valence-corrected chi connectivity index (χ1v) is 20.6. The summed E-state index contributed by atoms with van der Waals surface area (Å²) in [6.45, 7) is 0. The van der Waals surface area contributed by atoms with Crippen LogP contribution in [0.2, 0.25) is 0 Å². The number of nitriles is 2. The number of hydrogen-bond donors (Lipinski definition) is 0. The molecule has 0 saturated heterocycles. The molecule has 0 bridgehead atoms. The van der Waals surface area contributed by atoms with Gasteiger partial charge in [0.2, 0.25) is 5.78 Å². The van der Waals surface area contributed by atoms with Gasteiger partial charge in [-0.3, -0.25) is 4.79 Å². The fraction of sp³-hybridized carbons (Fsp3) is 0.0444. The van der Waals surface area contributed by atoms with E-state index in [0.717, 1.165) is 0 Å². The Bertz CT molecular complexity index is 3010. The maximum atomic E-state index is 15.4. The summed E-state index contributed by atoms with van der Waals surface area (Å²) in [5.74, 6) is -69.3. The van der Waals surface area contributed by atoms with Crippen LogP contribution in [-0.4, -0.2) is 23.4 Å². The molecule has 26 heteroatoms. The van der Waals surface area contributed by atoms with Gasteiger partial charge >= 0.3 is 0 Å². The molecular weight excluding hydrogens is 1020 g/mol. The van der Waals surface area contributed by atoms with Crippen molar-refractivity contribution in [2.45, 2.75) is 0 Å². The lowest BCUT2D eigenvalue weighted by Crippen LogP contribution is -2.81. The Morgan fingerprint density at radius 1 is 0.437 bits per heavy atom. The number of halogens is 20. The second-order valence-electron chi connectivity index (χ2n) is 14.1. The average Bonchev–Trinajstić information content (AvgIpc) is 3.36.